The molecular formula is C11H15ClN2O3. The van der Waals surface area contributed by atoms with Crippen LogP contribution in [0.1, 0.15) is 30.1 Å². The quantitative estimate of drug-likeness (QED) is 0.727. The first-order valence-corrected chi connectivity index (χ1v) is 5.73. The third kappa shape index (κ3) is 3.87. The van der Waals surface area contributed by atoms with Gasteiger partial charge in [-0.3, -0.25) is 0 Å². The molecule has 0 fully saturated rings. The summed E-state index contributed by atoms with van der Waals surface area (Å²) in [7, 11) is 0. The number of nitrogens with zero attached hydrogens (tertiary/aromatic N) is 1. The third-order valence-electron chi connectivity index (χ3n) is 2.36. The lowest BCUT2D eigenvalue weighted by molar-refractivity contribution is 0.0697. The maximum absolute atomic E-state index is 10.8. The SMILES string of the molecule is CCC(O)CCNc1nccc(C(=O)O)c1Cl. The van der Waals surface area contributed by atoms with Crippen LogP contribution in [0.15, 0.2) is 12.3 Å². The highest BCUT2D eigenvalue weighted by atomic mass is 35.5. The molecule has 1 rings (SSSR count). The number of halogens is 1. The lowest BCUT2D eigenvalue weighted by Gasteiger charge is -2.11. The van der Waals surface area contributed by atoms with E-state index < -0.39 is 5.97 Å². The van der Waals surface area contributed by atoms with E-state index >= 15 is 0 Å². The van der Waals surface area contributed by atoms with Gasteiger partial charge in [0.2, 0.25) is 0 Å². The van der Waals surface area contributed by atoms with Gasteiger partial charge in [0.15, 0.2) is 0 Å². The number of hydrogen-bond acceptors (Lipinski definition) is 4. The lowest BCUT2D eigenvalue weighted by Crippen LogP contribution is -2.13. The number of hydrogen-bond donors (Lipinski definition) is 3. The van der Waals surface area contributed by atoms with Gasteiger partial charge in [0.1, 0.15) is 5.82 Å². The summed E-state index contributed by atoms with van der Waals surface area (Å²) in [4.78, 5) is 14.8. The average Bonchev–Trinajstić information content (AvgIpc) is 2.30. The summed E-state index contributed by atoms with van der Waals surface area (Å²) < 4.78 is 0. The Morgan fingerprint density at radius 2 is 2.35 bits per heavy atom. The van der Waals surface area contributed by atoms with E-state index in [0.717, 1.165) is 0 Å². The molecule has 0 spiro atoms. The summed E-state index contributed by atoms with van der Waals surface area (Å²) in [6, 6.07) is 1.34. The normalized spacial score (nSPS) is 12.2. The van der Waals surface area contributed by atoms with Crippen molar-refractivity contribution in [3.05, 3.63) is 22.8 Å². The maximum Gasteiger partial charge on any atom is 0.337 e. The van der Waals surface area contributed by atoms with Crippen LogP contribution in [0.25, 0.3) is 0 Å². The Balaban J connectivity index is 2.66. The molecule has 0 saturated heterocycles. The summed E-state index contributed by atoms with van der Waals surface area (Å²) >= 11 is 5.88. The predicted molar refractivity (Wildman–Crippen MR) is 65.6 cm³/mol. The van der Waals surface area contributed by atoms with Crippen LogP contribution >= 0.6 is 11.6 Å². The van der Waals surface area contributed by atoms with Gasteiger partial charge in [-0.25, -0.2) is 9.78 Å². The van der Waals surface area contributed by atoms with Gasteiger partial charge in [0, 0.05) is 12.7 Å². The van der Waals surface area contributed by atoms with Crippen molar-refractivity contribution in [3.63, 3.8) is 0 Å². The zero-order valence-electron chi connectivity index (χ0n) is 9.48. The minimum absolute atomic E-state index is 0.0141. The van der Waals surface area contributed by atoms with Gasteiger partial charge in [-0.05, 0) is 18.9 Å². The molecule has 1 unspecified atom stereocenters. The number of aliphatic hydroxyl groups is 1. The summed E-state index contributed by atoms with van der Waals surface area (Å²) in [6.45, 7) is 2.38. The summed E-state index contributed by atoms with van der Waals surface area (Å²) in [5, 5.41) is 21.2. The number of aliphatic hydroxyl groups excluding tert-OH is 1. The molecule has 1 atom stereocenters. The molecule has 5 nitrogen and oxygen atoms in total. The molecular weight excluding hydrogens is 244 g/mol. The highest BCUT2D eigenvalue weighted by Crippen LogP contribution is 2.23. The molecule has 1 aromatic rings. The Bertz CT molecular complexity index is 398. The molecule has 0 aliphatic rings. The van der Waals surface area contributed by atoms with Crippen LogP contribution in [-0.2, 0) is 0 Å². The topological polar surface area (TPSA) is 82.5 Å². The number of aromatic nitrogens is 1. The maximum atomic E-state index is 10.8. The van der Waals surface area contributed by atoms with Gasteiger partial charge in [-0.15, -0.1) is 0 Å². The number of rotatable bonds is 6. The molecule has 1 heterocycles. The Labute approximate surface area is 104 Å². The number of aromatic carboxylic acids is 1. The highest BCUT2D eigenvalue weighted by molar-refractivity contribution is 6.35. The standard InChI is InChI=1S/C11H15ClN2O3/c1-2-7(15)3-5-13-10-9(12)8(11(16)17)4-6-14-10/h4,6-7,15H,2-3,5H2,1H3,(H,13,14)(H,16,17). The fourth-order valence-electron chi connectivity index (χ4n) is 1.29. The molecule has 6 heteroatoms. The number of carboxylic acids is 1. The van der Waals surface area contributed by atoms with Crippen molar-refractivity contribution in [3.8, 4) is 0 Å². The summed E-state index contributed by atoms with van der Waals surface area (Å²) in [5.74, 6) is -0.760. The van der Waals surface area contributed by atoms with E-state index in [1.165, 1.54) is 12.3 Å². The summed E-state index contributed by atoms with van der Waals surface area (Å²) in [5.41, 5.74) is 0.0141. The third-order valence-corrected chi connectivity index (χ3v) is 2.74. The Morgan fingerprint density at radius 3 is 2.94 bits per heavy atom. The molecule has 0 aromatic carbocycles. The zero-order valence-corrected chi connectivity index (χ0v) is 10.2. The first-order chi connectivity index (χ1) is 8.06. The van der Waals surface area contributed by atoms with Crippen molar-refractivity contribution in [2.75, 3.05) is 11.9 Å². The van der Waals surface area contributed by atoms with Crippen LogP contribution in [0.4, 0.5) is 5.82 Å². The van der Waals surface area contributed by atoms with E-state index in [2.05, 4.69) is 10.3 Å². The van der Waals surface area contributed by atoms with Gasteiger partial charge in [0.25, 0.3) is 0 Å². The number of nitrogens with one attached hydrogen (secondary N) is 1. The van der Waals surface area contributed by atoms with Gasteiger partial charge in [0.05, 0.1) is 16.7 Å². The van der Waals surface area contributed by atoms with Crippen molar-refractivity contribution in [2.45, 2.75) is 25.9 Å². The minimum atomic E-state index is -1.09. The Hall–Kier alpha value is -1.33. The van der Waals surface area contributed by atoms with Gasteiger partial charge in [-0.1, -0.05) is 18.5 Å². The molecule has 0 radical (unpaired) electrons. The van der Waals surface area contributed by atoms with Crippen LogP contribution in [-0.4, -0.2) is 33.8 Å². The molecule has 3 N–H and O–H groups in total. The number of carboxylic acid groups (broad SMARTS) is 1. The van der Waals surface area contributed by atoms with Crippen molar-refractivity contribution >= 4 is 23.4 Å². The van der Waals surface area contributed by atoms with Crippen molar-refractivity contribution in [1.82, 2.24) is 4.98 Å². The second kappa shape index (κ2) is 6.42. The van der Waals surface area contributed by atoms with Crippen LogP contribution in [0.2, 0.25) is 5.02 Å². The second-order valence-electron chi connectivity index (χ2n) is 3.60. The fourth-order valence-corrected chi connectivity index (χ4v) is 1.55. The van der Waals surface area contributed by atoms with Crippen molar-refractivity contribution in [2.24, 2.45) is 0 Å². The first kappa shape index (κ1) is 13.7. The lowest BCUT2D eigenvalue weighted by atomic mass is 10.2. The van der Waals surface area contributed by atoms with E-state index in [4.69, 9.17) is 16.7 Å². The molecule has 0 aliphatic carbocycles. The Morgan fingerprint density at radius 1 is 1.65 bits per heavy atom. The Kier molecular flexibility index (Phi) is 5.18. The number of pyridine rings is 1. The minimum Gasteiger partial charge on any atom is -0.478 e. The number of carbonyl (C=O) groups is 1. The first-order valence-electron chi connectivity index (χ1n) is 5.36. The van der Waals surface area contributed by atoms with E-state index in [1.54, 1.807) is 0 Å². The van der Waals surface area contributed by atoms with Crippen LogP contribution in [0.5, 0.6) is 0 Å². The molecule has 17 heavy (non-hydrogen) atoms. The van der Waals surface area contributed by atoms with E-state index in [1.807, 2.05) is 6.92 Å². The second-order valence-corrected chi connectivity index (χ2v) is 3.98. The zero-order chi connectivity index (χ0) is 12.8. The van der Waals surface area contributed by atoms with Crippen LogP contribution < -0.4 is 5.32 Å². The summed E-state index contributed by atoms with van der Waals surface area (Å²) in [6.07, 6.45) is 2.25. The highest BCUT2D eigenvalue weighted by Gasteiger charge is 2.13. The molecule has 0 amide bonds. The molecule has 0 aliphatic heterocycles. The predicted octanol–water partition coefficient (Wildman–Crippen LogP) is 2.01. The van der Waals surface area contributed by atoms with Gasteiger partial charge < -0.3 is 15.5 Å². The van der Waals surface area contributed by atoms with Crippen molar-refractivity contribution < 1.29 is 15.0 Å². The smallest absolute Gasteiger partial charge is 0.337 e. The van der Waals surface area contributed by atoms with Gasteiger partial charge >= 0.3 is 5.97 Å². The van der Waals surface area contributed by atoms with E-state index in [0.29, 0.717) is 25.2 Å². The van der Waals surface area contributed by atoms with Crippen LogP contribution in [0.3, 0.4) is 0 Å². The molecule has 0 bridgehead atoms. The number of anilines is 1. The largest absolute Gasteiger partial charge is 0.478 e. The average molecular weight is 259 g/mol. The molecule has 94 valence electrons. The molecule has 1 aromatic heterocycles. The van der Waals surface area contributed by atoms with E-state index in [9.17, 15) is 9.90 Å². The van der Waals surface area contributed by atoms with Gasteiger partial charge in [-0.2, -0.15) is 0 Å². The van der Waals surface area contributed by atoms with Crippen LogP contribution in [0, 0.1) is 0 Å². The monoisotopic (exact) mass is 258 g/mol. The fraction of sp³-hybridized carbons (Fsp3) is 0.455. The molecule has 0 saturated carbocycles. The van der Waals surface area contributed by atoms with E-state index in [-0.39, 0.29) is 16.7 Å². The van der Waals surface area contributed by atoms with Crippen molar-refractivity contribution in [1.29, 1.82) is 0 Å².